The summed E-state index contributed by atoms with van der Waals surface area (Å²) >= 11 is 5.40. The van der Waals surface area contributed by atoms with Gasteiger partial charge in [-0.2, -0.15) is 5.10 Å². The summed E-state index contributed by atoms with van der Waals surface area (Å²) in [7, 11) is 0. The minimum absolute atomic E-state index is 0.307. The van der Waals surface area contributed by atoms with Crippen LogP contribution in [0.2, 0.25) is 0 Å². The zero-order chi connectivity index (χ0) is 13.8. The van der Waals surface area contributed by atoms with Gasteiger partial charge in [-0.1, -0.05) is 6.08 Å². The topological polar surface area (TPSA) is 64.0 Å². The van der Waals surface area contributed by atoms with Crippen molar-refractivity contribution in [3.8, 4) is 0 Å². The highest BCUT2D eigenvalue weighted by Gasteiger charge is 2.26. The van der Waals surface area contributed by atoms with Crippen LogP contribution in [0.15, 0.2) is 22.4 Å². The van der Waals surface area contributed by atoms with Gasteiger partial charge in [0.05, 0.1) is 17.5 Å². The maximum absolute atomic E-state index is 5.40. The van der Waals surface area contributed by atoms with Crippen LogP contribution in [0, 0.1) is 0 Å². The van der Waals surface area contributed by atoms with E-state index >= 15 is 0 Å². The van der Waals surface area contributed by atoms with E-state index < -0.39 is 0 Å². The molecular weight excluding hydrogens is 272 g/mol. The van der Waals surface area contributed by atoms with Crippen molar-refractivity contribution < 1.29 is 0 Å². The predicted molar refractivity (Wildman–Crippen MR) is 85.2 cm³/mol. The molecule has 0 bridgehead atoms. The zero-order valence-electron chi connectivity index (χ0n) is 11.4. The summed E-state index contributed by atoms with van der Waals surface area (Å²) in [4.78, 5) is 6.61. The highest BCUT2D eigenvalue weighted by Crippen LogP contribution is 2.11. The van der Waals surface area contributed by atoms with E-state index in [9.17, 15) is 0 Å². The van der Waals surface area contributed by atoms with Crippen LogP contribution in [0.3, 0.4) is 0 Å². The Morgan fingerprint density at radius 1 is 1.40 bits per heavy atom. The van der Waals surface area contributed by atoms with Crippen LogP contribution < -0.4 is 16.1 Å². The van der Waals surface area contributed by atoms with Crippen molar-refractivity contribution in [2.45, 2.75) is 18.9 Å². The molecule has 3 rings (SSSR count). The lowest BCUT2D eigenvalue weighted by Gasteiger charge is -2.30. The fraction of sp³-hybridized carbons (Fsp3) is 0.615. The van der Waals surface area contributed by atoms with Crippen molar-refractivity contribution in [3.63, 3.8) is 0 Å². The fourth-order valence-corrected chi connectivity index (χ4v) is 2.88. The average molecular weight is 292 g/mol. The molecule has 3 heterocycles. The summed E-state index contributed by atoms with van der Waals surface area (Å²) in [6, 6.07) is 0.307. The van der Waals surface area contributed by atoms with Gasteiger partial charge in [-0.25, -0.2) is 0 Å². The average Bonchev–Trinajstić information content (AvgIpc) is 2.53. The molecular formula is C13H20N6S. The van der Waals surface area contributed by atoms with E-state index in [1.165, 1.54) is 0 Å². The van der Waals surface area contributed by atoms with Crippen LogP contribution in [0.1, 0.15) is 12.8 Å². The smallest absolute Gasteiger partial charge is 0.189 e. The molecule has 2 fully saturated rings. The molecule has 0 aromatic rings. The highest BCUT2D eigenvalue weighted by atomic mass is 32.1. The number of hydrogen-bond donors (Lipinski definition) is 3. The SMILES string of the molecule is S=C(N/N=C1/CCNC2CC=CN=C12)N1CCNCC1. The number of piperidine rings is 1. The van der Waals surface area contributed by atoms with Gasteiger partial charge in [0.2, 0.25) is 0 Å². The monoisotopic (exact) mass is 292 g/mol. The molecule has 0 aromatic carbocycles. The second-order valence-electron chi connectivity index (χ2n) is 5.10. The third kappa shape index (κ3) is 3.05. The van der Waals surface area contributed by atoms with E-state index in [2.05, 4.69) is 37.1 Å². The number of hydrogen-bond acceptors (Lipinski definition) is 5. The summed E-state index contributed by atoms with van der Waals surface area (Å²) < 4.78 is 0. The lowest BCUT2D eigenvalue weighted by atomic mass is 9.96. The summed E-state index contributed by atoms with van der Waals surface area (Å²) in [5.74, 6) is 0. The molecule has 6 nitrogen and oxygen atoms in total. The molecule has 7 heteroatoms. The first-order valence-electron chi connectivity index (χ1n) is 7.13. The van der Waals surface area contributed by atoms with Gasteiger partial charge < -0.3 is 15.5 Å². The van der Waals surface area contributed by atoms with Gasteiger partial charge >= 0.3 is 0 Å². The van der Waals surface area contributed by atoms with Gasteiger partial charge in [-0.05, 0) is 18.6 Å². The van der Waals surface area contributed by atoms with Crippen molar-refractivity contribution in [2.75, 3.05) is 32.7 Å². The van der Waals surface area contributed by atoms with Gasteiger partial charge in [-0.15, -0.1) is 0 Å². The first kappa shape index (κ1) is 13.7. The minimum Gasteiger partial charge on any atom is -0.345 e. The molecule has 0 radical (unpaired) electrons. The summed E-state index contributed by atoms with van der Waals surface area (Å²) in [6.45, 7) is 4.76. The van der Waals surface area contributed by atoms with Crippen molar-refractivity contribution >= 4 is 28.8 Å². The third-order valence-corrected chi connectivity index (χ3v) is 4.11. The number of hydrazone groups is 1. The fourth-order valence-electron chi connectivity index (χ4n) is 2.65. The number of fused-ring (bicyclic) bond motifs is 1. The lowest BCUT2D eigenvalue weighted by molar-refractivity contribution is 0.353. The second kappa shape index (κ2) is 6.43. The van der Waals surface area contributed by atoms with Crippen LogP contribution in [-0.4, -0.2) is 60.2 Å². The van der Waals surface area contributed by atoms with Crippen LogP contribution in [-0.2, 0) is 0 Å². The molecule has 0 amide bonds. The Morgan fingerprint density at radius 3 is 3.10 bits per heavy atom. The normalized spacial score (nSPS) is 28.0. The Morgan fingerprint density at radius 2 is 2.25 bits per heavy atom. The Balaban J connectivity index is 1.63. The number of aliphatic imine (C=N–C) groups is 1. The van der Waals surface area contributed by atoms with Crippen molar-refractivity contribution in [2.24, 2.45) is 10.1 Å². The van der Waals surface area contributed by atoms with E-state index in [0.717, 1.165) is 57.0 Å². The minimum atomic E-state index is 0.307. The summed E-state index contributed by atoms with van der Waals surface area (Å²) in [5, 5.41) is 12.0. The van der Waals surface area contributed by atoms with Gasteiger partial charge in [-0.3, -0.25) is 10.4 Å². The van der Waals surface area contributed by atoms with Crippen LogP contribution in [0.25, 0.3) is 0 Å². The Kier molecular flexibility index (Phi) is 4.39. The number of thiocarbonyl (C=S) groups is 1. The van der Waals surface area contributed by atoms with Gasteiger partial charge in [0.25, 0.3) is 0 Å². The number of rotatable bonds is 1. The lowest BCUT2D eigenvalue weighted by Crippen LogP contribution is -2.50. The van der Waals surface area contributed by atoms with Gasteiger partial charge in [0.15, 0.2) is 5.11 Å². The van der Waals surface area contributed by atoms with Crippen molar-refractivity contribution in [3.05, 3.63) is 12.3 Å². The Labute approximate surface area is 124 Å². The van der Waals surface area contributed by atoms with Gasteiger partial charge in [0, 0.05) is 45.3 Å². The van der Waals surface area contributed by atoms with E-state index in [4.69, 9.17) is 12.2 Å². The quantitative estimate of drug-likeness (QED) is 0.463. The Hall–Kier alpha value is -1.31. The number of nitrogens with one attached hydrogen (secondary N) is 3. The first-order chi connectivity index (χ1) is 9.84. The molecule has 1 unspecified atom stereocenters. The number of piperazine rings is 1. The zero-order valence-corrected chi connectivity index (χ0v) is 12.2. The summed E-state index contributed by atoms with van der Waals surface area (Å²) in [6.07, 6.45) is 5.83. The van der Waals surface area contributed by atoms with Gasteiger partial charge in [0.1, 0.15) is 0 Å². The van der Waals surface area contributed by atoms with E-state index in [0.29, 0.717) is 11.2 Å². The molecule has 108 valence electrons. The molecule has 2 saturated heterocycles. The highest BCUT2D eigenvalue weighted by molar-refractivity contribution is 7.80. The van der Waals surface area contributed by atoms with E-state index in [1.807, 2.05) is 6.20 Å². The molecule has 0 saturated carbocycles. The molecule has 20 heavy (non-hydrogen) atoms. The van der Waals surface area contributed by atoms with Crippen molar-refractivity contribution in [1.29, 1.82) is 0 Å². The van der Waals surface area contributed by atoms with E-state index in [-0.39, 0.29) is 0 Å². The van der Waals surface area contributed by atoms with Crippen LogP contribution in [0.5, 0.6) is 0 Å². The predicted octanol–water partition coefficient (Wildman–Crippen LogP) is -0.158. The Bertz CT molecular complexity index is 463. The van der Waals surface area contributed by atoms with E-state index in [1.54, 1.807) is 0 Å². The molecule has 0 aromatic heterocycles. The molecule has 0 spiro atoms. The molecule has 0 aliphatic carbocycles. The standard InChI is InChI=1S/C13H20N6S/c20-13(19-8-6-14-7-9-19)18-17-11-3-5-15-10-2-1-4-16-12(10)11/h1,4,10,14-15H,2-3,5-9H2,(H,18,20)/b17-11-. The summed E-state index contributed by atoms with van der Waals surface area (Å²) in [5.41, 5.74) is 5.11. The maximum Gasteiger partial charge on any atom is 0.189 e. The maximum atomic E-state index is 5.40. The van der Waals surface area contributed by atoms with Crippen LogP contribution >= 0.6 is 12.2 Å². The van der Waals surface area contributed by atoms with Crippen molar-refractivity contribution in [1.82, 2.24) is 21.0 Å². The number of nitrogens with zero attached hydrogens (tertiary/aromatic N) is 3. The molecule has 3 N–H and O–H groups in total. The largest absolute Gasteiger partial charge is 0.345 e. The molecule has 1 atom stereocenters. The molecule has 3 aliphatic rings. The second-order valence-corrected chi connectivity index (χ2v) is 5.49. The van der Waals surface area contributed by atoms with Crippen LogP contribution in [0.4, 0.5) is 0 Å². The molecule has 3 aliphatic heterocycles. The first-order valence-corrected chi connectivity index (χ1v) is 7.54. The third-order valence-electron chi connectivity index (χ3n) is 3.76.